The van der Waals surface area contributed by atoms with Crippen molar-refractivity contribution in [2.45, 2.75) is 20.3 Å². The normalized spacial score (nSPS) is 10.3. The van der Waals surface area contributed by atoms with Gasteiger partial charge in [0.05, 0.1) is 0 Å². The summed E-state index contributed by atoms with van der Waals surface area (Å²) >= 11 is 0. The predicted molar refractivity (Wildman–Crippen MR) is 84.4 cm³/mol. The van der Waals surface area contributed by atoms with E-state index in [1.165, 1.54) is 6.92 Å². The number of hydrogen-bond acceptors (Lipinski definition) is 3. The number of pyridine rings is 1. The second-order valence-corrected chi connectivity index (χ2v) is 4.78. The Balaban J connectivity index is 0.000000309. The van der Waals surface area contributed by atoms with Crippen molar-refractivity contribution in [3.05, 3.63) is 46.4 Å². The van der Waals surface area contributed by atoms with Crippen molar-refractivity contribution >= 4 is 33.6 Å². The van der Waals surface area contributed by atoms with Gasteiger partial charge in [-0.1, -0.05) is 6.92 Å². The van der Waals surface area contributed by atoms with Gasteiger partial charge in [0.1, 0.15) is 5.52 Å². The number of Topliss-reactive ketones (excluding diaryl/α,β-unsaturated/α-hetero) is 1. The van der Waals surface area contributed by atoms with Gasteiger partial charge in [0.2, 0.25) is 0 Å². The number of nitrogens with one attached hydrogen (secondary N) is 2. The summed E-state index contributed by atoms with van der Waals surface area (Å²) in [6, 6.07) is 7.14. The lowest BCUT2D eigenvalue weighted by molar-refractivity contribution is -0.136. The fraction of sp³-hybridized carbons (Fsp3) is 0.188. The van der Waals surface area contributed by atoms with E-state index in [9.17, 15) is 14.4 Å². The molecular formula is C16H16N2O4. The third-order valence-electron chi connectivity index (χ3n) is 3.24. The standard InChI is InChI=1S/C13H10N2O2.C3H6O2/c1-7(16)8-2-3-11-10(6-8)9-4-5-14-12(9)13(17)15-11;1-2-3(4)5/h2-6,14H,1H3,(H,15,17);2H2,1H3,(H,4,5). The van der Waals surface area contributed by atoms with Gasteiger partial charge >= 0.3 is 5.97 Å². The van der Waals surface area contributed by atoms with Crippen LogP contribution in [-0.2, 0) is 4.79 Å². The molecule has 6 nitrogen and oxygen atoms in total. The molecule has 0 amide bonds. The molecule has 0 fully saturated rings. The van der Waals surface area contributed by atoms with Crippen LogP contribution in [0.25, 0.3) is 21.8 Å². The highest BCUT2D eigenvalue weighted by Crippen LogP contribution is 2.21. The molecule has 1 aromatic carbocycles. The zero-order chi connectivity index (χ0) is 16.3. The highest BCUT2D eigenvalue weighted by atomic mass is 16.4. The van der Waals surface area contributed by atoms with Crippen molar-refractivity contribution in [3.8, 4) is 0 Å². The average molecular weight is 300 g/mol. The van der Waals surface area contributed by atoms with Crippen molar-refractivity contribution in [1.82, 2.24) is 9.97 Å². The number of aromatic amines is 2. The lowest BCUT2D eigenvalue weighted by Crippen LogP contribution is -2.06. The van der Waals surface area contributed by atoms with Crippen LogP contribution in [0.4, 0.5) is 0 Å². The molecule has 114 valence electrons. The number of rotatable bonds is 2. The van der Waals surface area contributed by atoms with Gasteiger partial charge in [0.25, 0.3) is 5.56 Å². The Morgan fingerprint density at radius 2 is 1.86 bits per heavy atom. The molecule has 0 bridgehead atoms. The van der Waals surface area contributed by atoms with E-state index in [0.29, 0.717) is 11.1 Å². The summed E-state index contributed by atoms with van der Waals surface area (Å²) < 4.78 is 0. The molecule has 0 aliphatic carbocycles. The average Bonchev–Trinajstić information content (AvgIpc) is 2.98. The summed E-state index contributed by atoms with van der Waals surface area (Å²) in [4.78, 5) is 38.1. The molecule has 0 unspecified atom stereocenters. The lowest BCUT2D eigenvalue weighted by atomic mass is 10.1. The molecule has 0 saturated carbocycles. The van der Waals surface area contributed by atoms with Crippen LogP contribution >= 0.6 is 0 Å². The van der Waals surface area contributed by atoms with Gasteiger partial charge in [-0.2, -0.15) is 0 Å². The summed E-state index contributed by atoms with van der Waals surface area (Å²) in [5.74, 6) is -0.730. The number of benzene rings is 1. The van der Waals surface area contributed by atoms with E-state index in [1.807, 2.05) is 12.1 Å². The molecule has 0 saturated heterocycles. The molecule has 0 aliphatic rings. The summed E-state index contributed by atoms with van der Waals surface area (Å²) in [6.07, 6.45) is 1.94. The van der Waals surface area contributed by atoms with Crippen molar-refractivity contribution in [2.24, 2.45) is 0 Å². The zero-order valence-corrected chi connectivity index (χ0v) is 12.3. The summed E-state index contributed by atoms with van der Waals surface area (Å²) in [6.45, 7) is 3.13. The molecule has 2 aromatic heterocycles. The number of hydrogen-bond donors (Lipinski definition) is 3. The number of fused-ring (bicyclic) bond motifs is 3. The maximum Gasteiger partial charge on any atom is 0.303 e. The van der Waals surface area contributed by atoms with E-state index < -0.39 is 5.97 Å². The van der Waals surface area contributed by atoms with E-state index in [2.05, 4.69) is 9.97 Å². The van der Waals surface area contributed by atoms with Gasteiger partial charge in [-0.25, -0.2) is 0 Å². The largest absolute Gasteiger partial charge is 0.481 e. The van der Waals surface area contributed by atoms with E-state index in [4.69, 9.17) is 5.11 Å². The molecule has 0 radical (unpaired) electrons. The van der Waals surface area contributed by atoms with Crippen molar-refractivity contribution in [3.63, 3.8) is 0 Å². The number of aliphatic carboxylic acids is 1. The van der Waals surface area contributed by atoms with E-state index >= 15 is 0 Å². The number of carboxylic acid groups (broad SMARTS) is 1. The van der Waals surface area contributed by atoms with Gasteiger partial charge in [-0.3, -0.25) is 14.4 Å². The number of ketones is 1. The smallest absolute Gasteiger partial charge is 0.303 e. The van der Waals surface area contributed by atoms with Crippen LogP contribution in [0.15, 0.2) is 35.3 Å². The second-order valence-electron chi connectivity index (χ2n) is 4.78. The Hall–Kier alpha value is -2.89. The maximum atomic E-state index is 11.7. The summed E-state index contributed by atoms with van der Waals surface area (Å²) in [5.41, 5.74) is 1.78. The number of carboxylic acids is 1. The molecule has 2 heterocycles. The summed E-state index contributed by atoms with van der Waals surface area (Å²) in [7, 11) is 0. The predicted octanol–water partition coefficient (Wildman–Crippen LogP) is 2.69. The van der Waals surface area contributed by atoms with Crippen LogP contribution in [0.5, 0.6) is 0 Å². The highest BCUT2D eigenvalue weighted by molar-refractivity contribution is 6.07. The van der Waals surface area contributed by atoms with Crippen LogP contribution in [0.3, 0.4) is 0 Å². The first-order valence-electron chi connectivity index (χ1n) is 6.80. The first-order valence-corrected chi connectivity index (χ1v) is 6.80. The molecule has 3 rings (SSSR count). The van der Waals surface area contributed by atoms with E-state index in [1.54, 1.807) is 25.3 Å². The lowest BCUT2D eigenvalue weighted by Gasteiger charge is -2.02. The molecule has 0 atom stereocenters. The van der Waals surface area contributed by atoms with Crippen molar-refractivity contribution in [2.75, 3.05) is 0 Å². The number of aromatic nitrogens is 2. The molecule has 6 heteroatoms. The molecule has 22 heavy (non-hydrogen) atoms. The van der Waals surface area contributed by atoms with Gasteiger partial charge in [-0.15, -0.1) is 0 Å². The zero-order valence-electron chi connectivity index (χ0n) is 12.3. The van der Waals surface area contributed by atoms with Gasteiger partial charge in [-0.05, 0) is 31.2 Å². The Morgan fingerprint density at radius 1 is 1.18 bits per heavy atom. The van der Waals surface area contributed by atoms with Gasteiger partial charge in [0.15, 0.2) is 5.78 Å². The first-order chi connectivity index (χ1) is 10.4. The number of H-pyrrole nitrogens is 2. The quantitative estimate of drug-likeness (QED) is 0.633. The Bertz CT molecular complexity index is 905. The van der Waals surface area contributed by atoms with Crippen LogP contribution in [-0.4, -0.2) is 26.8 Å². The molecule has 0 spiro atoms. The van der Waals surface area contributed by atoms with Crippen LogP contribution < -0.4 is 5.56 Å². The Labute approximate surface area is 125 Å². The molecular weight excluding hydrogens is 284 g/mol. The Kier molecular flexibility index (Phi) is 4.41. The van der Waals surface area contributed by atoms with E-state index in [0.717, 1.165) is 16.3 Å². The SMILES string of the molecule is CC(=O)c1ccc2[nH]c(=O)c3[nH]ccc3c2c1.CCC(=O)O. The number of carbonyl (C=O) groups excluding carboxylic acids is 1. The van der Waals surface area contributed by atoms with Crippen molar-refractivity contribution < 1.29 is 14.7 Å². The fourth-order valence-electron chi connectivity index (χ4n) is 2.06. The van der Waals surface area contributed by atoms with E-state index in [-0.39, 0.29) is 17.8 Å². The minimum absolute atomic E-state index is 0.0155. The molecule has 3 N–H and O–H groups in total. The highest BCUT2D eigenvalue weighted by Gasteiger charge is 2.07. The topological polar surface area (TPSA) is 103 Å². The fourth-order valence-corrected chi connectivity index (χ4v) is 2.06. The monoisotopic (exact) mass is 300 g/mol. The second kappa shape index (κ2) is 6.26. The number of carbonyl (C=O) groups is 2. The van der Waals surface area contributed by atoms with Crippen LogP contribution in [0, 0.1) is 0 Å². The van der Waals surface area contributed by atoms with Gasteiger partial charge in [0, 0.05) is 34.5 Å². The van der Waals surface area contributed by atoms with Crippen LogP contribution in [0.2, 0.25) is 0 Å². The van der Waals surface area contributed by atoms with Crippen LogP contribution in [0.1, 0.15) is 30.6 Å². The third-order valence-corrected chi connectivity index (χ3v) is 3.24. The maximum absolute atomic E-state index is 11.7. The summed E-state index contributed by atoms with van der Waals surface area (Å²) in [5, 5.41) is 9.44. The third kappa shape index (κ3) is 3.06. The first kappa shape index (κ1) is 15.5. The molecule has 0 aliphatic heterocycles. The minimum Gasteiger partial charge on any atom is -0.481 e. The minimum atomic E-state index is -0.745. The van der Waals surface area contributed by atoms with Crippen molar-refractivity contribution in [1.29, 1.82) is 0 Å². The Morgan fingerprint density at radius 3 is 2.45 bits per heavy atom. The van der Waals surface area contributed by atoms with Gasteiger partial charge < -0.3 is 15.1 Å². The molecule has 3 aromatic rings.